The summed E-state index contributed by atoms with van der Waals surface area (Å²) in [5.41, 5.74) is 0.331. The van der Waals surface area contributed by atoms with Gasteiger partial charge < -0.3 is 10.2 Å². The molecule has 2 atom stereocenters. The van der Waals surface area contributed by atoms with Crippen LogP contribution in [0.5, 0.6) is 0 Å². The van der Waals surface area contributed by atoms with E-state index >= 15 is 0 Å². The van der Waals surface area contributed by atoms with Crippen molar-refractivity contribution >= 4 is 11.6 Å². The summed E-state index contributed by atoms with van der Waals surface area (Å²) in [6.45, 7) is 10.1. The van der Waals surface area contributed by atoms with Crippen LogP contribution in [0.25, 0.3) is 0 Å². The molecule has 0 spiro atoms. The Bertz CT molecular complexity index is 225. The Kier molecular flexibility index (Phi) is 6.97. The summed E-state index contributed by atoms with van der Waals surface area (Å²) in [6.07, 6.45) is 6.47. The summed E-state index contributed by atoms with van der Waals surface area (Å²) in [5, 5.41) is 3.78. The maximum atomic E-state index is 6.34. The Morgan fingerprint density at radius 3 is 2.67 bits per heavy atom. The van der Waals surface area contributed by atoms with Gasteiger partial charge in [-0.25, -0.2) is 0 Å². The van der Waals surface area contributed by atoms with Crippen LogP contribution >= 0.6 is 11.6 Å². The van der Waals surface area contributed by atoms with E-state index in [2.05, 4.69) is 38.0 Å². The number of nitrogens with one attached hydrogen (secondary N) is 1. The number of piperidine rings is 1. The predicted molar refractivity (Wildman–Crippen MR) is 81.5 cm³/mol. The Labute approximate surface area is 118 Å². The predicted octanol–water partition coefficient (Wildman–Crippen LogP) is 3.49. The van der Waals surface area contributed by atoms with Gasteiger partial charge in [0.25, 0.3) is 0 Å². The van der Waals surface area contributed by atoms with Gasteiger partial charge >= 0.3 is 0 Å². The fourth-order valence-electron chi connectivity index (χ4n) is 2.77. The fourth-order valence-corrected chi connectivity index (χ4v) is 3.34. The van der Waals surface area contributed by atoms with Gasteiger partial charge in [-0.05, 0) is 51.2 Å². The number of halogens is 1. The summed E-state index contributed by atoms with van der Waals surface area (Å²) in [5.74, 6) is 0. The third kappa shape index (κ3) is 6.96. The van der Waals surface area contributed by atoms with Crippen molar-refractivity contribution in [3.63, 3.8) is 0 Å². The van der Waals surface area contributed by atoms with Gasteiger partial charge in [-0.1, -0.05) is 27.2 Å². The number of nitrogens with zero attached hydrogens (tertiary/aromatic N) is 1. The lowest BCUT2D eigenvalue weighted by Gasteiger charge is -2.32. The van der Waals surface area contributed by atoms with Gasteiger partial charge in [0.05, 0.1) is 0 Å². The summed E-state index contributed by atoms with van der Waals surface area (Å²) in [6, 6.07) is 0.780. The third-order valence-electron chi connectivity index (χ3n) is 3.78. The van der Waals surface area contributed by atoms with Crippen molar-refractivity contribution < 1.29 is 0 Å². The largest absolute Gasteiger partial charge is 0.315 e. The molecule has 1 aliphatic heterocycles. The molecule has 0 aromatic heterocycles. The van der Waals surface area contributed by atoms with E-state index in [4.69, 9.17) is 11.6 Å². The average Bonchev–Trinajstić information content (AvgIpc) is 2.24. The minimum absolute atomic E-state index is 0.258. The monoisotopic (exact) mass is 274 g/mol. The topological polar surface area (TPSA) is 15.3 Å². The number of likely N-dealkylation sites (tertiary alicyclic amines) is 1. The van der Waals surface area contributed by atoms with Gasteiger partial charge in [-0.2, -0.15) is 0 Å². The molecule has 0 bridgehead atoms. The second-order valence-electron chi connectivity index (χ2n) is 6.99. The lowest BCUT2D eigenvalue weighted by atomic mass is 9.90. The molecule has 18 heavy (non-hydrogen) atoms. The first-order chi connectivity index (χ1) is 8.38. The Morgan fingerprint density at radius 1 is 1.33 bits per heavy atom. The number of rotatable bonds is 6. The molecule has 1 N–H and O–H groups in total. The van der Waals surface area contributed by atoms with Gasteiger partial charge in [0.2, 0.25) is 0 Å². The standard InChI is InChI=1S/C15H31ClN2/c1-15(2,3)11-13(16)12-17-9-8-14-7-5-6-10-18(14)4/h13-14,17H,5-12H2,1-4H3. The maximum absolute atomic E-state index is 6.34. The van der Waals surface area contributed by atoms with Crippen molar-refractivity contribution in [1.29, 1.82) is 0 Å². The van der Waals surface area contributed by atoms with Crippen LogP contribution in [-0.2, 0) is 0 Å². The molecule has 1 heterocycles. The quantitative estimate of drug-likeness (QED) is 0.589. The number of hydrogen-bond donors (Lipinski definition) is 1. The second kappa shape index (κ2) is 7.72. The lowest BCUT2D eigenvalue weighted by Crippen LogP contribution is -2.38. The maximum Gasteiger partial charge on any atom is 0.0465 e. The van der Waals surface area contributed by atoms with Gasteiger partial charge in [-0.3, -0.25) is 0 Å². The Morgan fingerprint density at radius 2 is 2.06 bits per heavy atom. The van der Waals surface area contributed by atoms with Crippen LogP contribution in [-0.4, -0.2) is 43.0 Å². The van der Waals surface area contributed by atoms with E-state index in [-0.39, 0.29) is 5.38 Å². The van der Waals surface area contributed by atoms with E-state index in [1.54, 1.807) is 0 Å². The zero-order valence-corrected chi connectivity index (χ0v) is 13.4. The number of alkyl halides is 1. The minimum atomic E-state index is 0.258. The smallest absolute Gasteiger partial charge is 0.0465 e. The van der Waals surface area contributed by atoms with Crippen molar-refractivity contribution in [1.82, 2.24) is 10.2 Å². The van der Waals surface area contributed by atoms with Crippen molar-refractivity contribution in [2.24, 2.45) is 5.41 Å². The van der Waals surface area contributed by atoms with Gasteiger partial charge in [0.1, 0.15) is 0 Å². The summed E-state index contributed by atoms with van der Waals surface area (Å²) < 4.78 is 0. The Hall–Kier alpha value is 0.210. The molecule has 0 saturated carbocycles. The highest BCUT2D eigenvalue weighted by Crippen LogP contribution is 2.23. The molecule has 1 saturated heterocycles. The van der Waals surface area contributed by atoms with Gasteiger partial charge in [0, 0.05) is 18.0 Å². The van der Waals surface area contributed by atoms with E-state index in [0.29, 0.717) is 5.41 Å². The molecular formula is C15H31ClN2. The molecule has 108 valence electrons. The van der Waals surface area contributed by atoms with Crippen LogP contribution in [0, 0.1) is 5.41 Å². The van der Waals surface area contributed by atoms with E-state index in [1.165, 1.54) is 32.2 Å². The normalized spacial score (nSPS) is 24.2. The SMILES string of the molecule is CN1CCCCC1CCNCC(Cl)CC(C)(C)C. The molecule has 0 aromatic carbocycles. The summed E-state index contributed by atoms with van der Waals surface area (Å²) in [4.78, 5) is 2.51. The highest BCUT2D eigenvalue weighted by Gasteiger charge is 2.19. The minimum Gasteiger partial charge on any atom is -0.315 e. The zero-order valence-electron chi connectivity index (χ0n) is 12.6. The van der Waals surface area contributed by atoms with Crippen LogP contribution in [0.3, 0.4) is 0 Å². The van der Waals surface area contributed by atoms with Crippen LogP contribution in [0.1, 0.15) is 52.9 Å². The average molecular weight is 275 g/mol. The molecule has 0 aliphatic carbocycles. The number of hydrogen-bond acceptors (Lipinski definition) is 2. The highest BCUT2D eigenvalue weighted by molar-refractivity contribution is 6.20. The molecule has 0 aromatic rings. The summed E-state index contributed by atoms with van der Waals surface area (Å²) >= 11 is 6.34. The van der Waals surface area contributed by atoms with Gasteiger partial charge in [-0.15, -0.1) is 11.6 Å². The third-order valence-corrected chi connectivity index (χ3v) is 4.08. The molecule has 1 aliphatic rings. The highest BCUT2D eigenvalue weighted by atomic mass is 35.5. The van der Waals surface area contributed by atoms with Crippen LogP contribution in [0.4, 0.5) is 0 Å². The van der Waals surface area contributed by atoms with E-state index in [9.17, 15) is 0 Å². The molecule has 0 amide bonds. The fraction of sp³-hybridized carbons (Fsp3) is 1.00. The van der Waals surface area contributed by atoms with Crippen LogP contribution in [0.15, 0.2) is 0 Å². The second-order valence-corrected chi connectivity index (χ2v) is 7.60. The first-order valence-electron chi connectivity index (χ1n) is 7.43. The van der Waals surface area contributed by atoms with E-state index in [1.807, 2.05) is 0 Å². The first-order valence-corrected chi connectivity index (χ1v) is 7.87. The molecule has 2 nitrogen and oxygen atoms in total. The van der Waals surface area contributed by atoms with Gasteiger partial charge in [0.15, 0.2) is 0 Å². The molecular weight excluding hydrogens is 244 g/mol. The molecule has 1 rings (SSSR count). The molecule has 3 heteroatoms. The van der Waals surface area contributed by atoms with Crippen molar-refractivity contribution in [2.75, 3.05) is 26.7 Å². The van der Waals surface area contributed by atoms with Crippen molar-refractivity contribution in [2.45, 2.75) is 64.3 Å². The zero-order chi connectivity index (χ0) is 13.6. The van der Waals surface area contributed by atoms with Crippen molar-refractivity contribution in [3.05, 3.63) is 0 Å². The lowest BCUT2D eigenvalue weighted by molar-refractivity contribution is 0.175. The van der Waals surface area contributed by atoms with E-state index in [0.717, 1.165) is 25.6 Å². The molecule has 2 unspecified atom stereocenters. The molecule has 1 fully saturated rings. The van der Waals surface area contributed by atoms with Crippen LogP contribution < -0.4 is 5.32 Å². The van der Waals surface area contributed by atoms with Crippen LogP contribution in [0.2, 0.25) is 0 Å². The Balaban J connectivity index is 2.07. The molecule has 0 radical (unpaired) electrons. The van der Waals surface area contributed by atoms with E-state index < -0.39 is 0 Å². The first kappa shape index (κ1) is 16.3. The van der Waals surface area contributed by atoms with Crippen molar-refractivity contribution in [3.8, 4) is 0 Å². The summed E-state index contributed by atoms with van der Waals surface area (Å²) in [7, 11) is 2.26.